The molecule has 0 amide bonds. The molecule has 3 aliphatic carbocycles. The molecule has 0 heterocycles. The molecule has 2 saturated carbocycles. The lowest BCUT2D eigenvalue weighted by Gasteiger charge is -2.55. The largest absolute Gasteiger partial charge is 0.465 e. The highest BCUT2D eigenvalue weighted by Gasteiger charge is 2.78. The molecule has 1 N–H and O–H groups in total. The van der Waals surface area contributed by atoms with Crippen LogP contribution in [-0.2, 0) is 52.5 Å². The van der Waals surface area contributed by atoms with Crippen molar-refractivity contribution in [1.29, 1.82) is 0 Å². The molecule has 0 bridgehead atoms. The van der Waals surface area contributed by atoms with Gasteiger partial charge in [-0.1, -0.05) is 32.1 Å². The lowest BCUT2D eigenvalue weighted by atomic mass is 9.53. The van der Waals surface area contributed by atoms with E-state index in [9.17, 15) is 33.9 Å². The van der Waals surface area contributed by atoms with Crippen molar-refractivity contribution in [2.24, 2.45) is 29.1 Å². The quantitative estimate of drug-likeness (QED) is 0.228. The van der Waals surface area contributed by atoms with E-state index in [1.54, 1.807) is 26.8 Å². The summed E-state index contributed by atoms with van der Waals surface area (Å²) in [5.41, 5.74) is -5.92. The number of carbonyl (C=O) groups excluding carboxylic acids is 6. The van der Waals surface area contributed by atoms with Crippen molar-refractivity contribution in [3.8, 4) is 0 Å². The SMILES string of the molecule is C=C(C)[C@H]1C=C[C@@H](OC(C)=O)[C@@]2(COC(C)=O)[C@H](OC(=O)CCC)[C@H]3[C@@H](OC(C)=O)[C@@H](C)C[C@]3(O)C(=O)[C@@](C)(OC(C)=O)[C@H]12. The van der Waals surface area contributed by atoms with Crippen LogP contribution in [0.1, 0.15) is 74.7 Å². The van der Waals surface area contributed by atoms with Crippen molar-refractivity contribution >= 4 is 35.6 Å². The molecule has 2 fully saturated rings. The maximum Gasteiger partial charge on any atom is 0.306 e. The van der Waals surface area contributed by atoms with Gasteiger partial charge in [0.2, 0.25) is 5.78 Å². The summed E-state index contributed by atoms with van der Waals surface area (Å²) in [5, 5.41) is 12.5. The number of Topliss-reactive ketones (excluding diaryl/α,β-unsaturated/α-hetero) is 1. The standard InChI is InChI=1S/C32H44O12/c1-10-11-24(37)43-28-25-26(42-20(7)35)17(4)14-32(25,39)29(38)30(9,44-21(8)36)27-22(16(2)3)12-13-23(41-19(6)34)31(27,28)15-40-18(5)33/h12-13,17,22-23,25-28,39H,2,10-11,14-15H2,1,3-9H3/t17-,22+,23+,25+,26-,27-,28+,30-,31+,32+/m0/s1. The molecule has 0 saturated heterocycles. The molecule has 244 valence electrons. The van der Waals surface area contributed by atoms with Gasteiger partial charge in [-0.2, -0.15) is 0 Å². The summed E-state index contributed by atoms with van der Waals surface area (Å²) >= 11 is 0. The van der Waals surface area contributed by atoms with E-state index in [0.717, 1.165) is 20.8 Å². The molecule has 0 aliphatic heterocycles. The number of esters is 5. The van der Waals surface area contributed by atoms with Gasteiger partial charge >= 0.3 is 29.8 Å². The Hall–Kier alpha value is -3.54. The number of allylic oxidation sites excluding steroid dienone is 2. The summed E-state index contributed by atoms with van der Waals surface area (Å²) in [6.45, 7) is 14.5. The summed E-state index contributed by atoms with van der Waals surface area (Å²) < 4.78 is 29.3. The second-order valence-corrected chi connectivity index (χ2v) is 12.6. The van der Waals surface area contributed by atoms with E-state index < -0.39 is 101 Å². The number of aliphatic hydroxyl groups is 1. The van der Waals surface area contributed by atoms with E-state index in [2.05, 4.69) is 6.58 Å². The van der Waals surface area contributed by atoms with E-state index in [-0.39, 0.29) is 12.8 Å². The number of carbonyl (C=O) groups is 6. The Morgan fingerprint density at radius 1 is 0.955 bits per heavy atom. The van der Waals surface area contributed by atoms with Gasteiger partial charge < -0.3 is 28.8 Å². The van der Waals surface area contributed by atoms with E-state index >= 15 is 0 Å². The minimum Gasteiger partial charge on any atom is -0.465 e. The van der Waals surface area contributed by atoms with Gasteiger partial charge in [-0.25, -0.2) is 0 Å². The van der Waals surface area contributed by atoms with Crippen molar-refractivity contribution in [1.82, 2.24) is 0 Å². The Balaban J connectivity index is 2.60. The van der Waals surface area contributed by atoms with Crippen LogP contribution in [0.25, 0.3) is 0 Å². The molecule has 0 aromatic rings. The number of ether oxygens (including phenoxy) is 5. The van der Waals surface area contributed by atoms with Crippen molar-refractivity contribution in [3.63, 3.8) is 0 Å². The molecule has 0 aromatic heterocycles. The third-order valence-corrected chi connectivity index (χ3v) is 9.11. The van der Waals surface area contributed by atoms with Crippen LogP contribution in [0.4, 0.5) is 0 Å². The average Bonchev–Trinajstić information content (AvgIpc) is 3.11. The highest BCUT2D eigenvalue weighted by molar-refractivity contribution is 5.98. The van der Waals surface area contributed by atoms with Gasteiger partial charge in [0.25, 0.3) is 0 Å². The van der Waals surface area contributed by atoms with Crippen LogP contribution in [0.3, 0.4) is 0 Å². The second-order valence-electron chi connectivity index (χ2n) is 12.6. The van der Waals surface area contributed by atoms with Crippen LogP contribution in [0.5, 0.6) is 0 Å². The zero-order valence-electron chi connectivity index (χ0n) is 26.7. The lowest BCUT2D eigenvalue weighted by Crippen LogP contribution is -2.66. The van der Waals surface area contributed by atoms with E-state index in [1.165, 1.54) is 19.9 Å². The van der Waals surface area contributed by atoms with Crippen molar-refractivity contribution in [3.05, 3.63) is 24.3 Å². The van der Waals surface area contributed by atoms with Crippen molar-refractivity contribution in [2.45, 2.75) is 104 Å². The summed E-state index contributed by atoms with van der Waals surface area (Å²) in [6.07, 6.45) is -0.822. The number of hydrogen-bond acceptors (Lipinski definition) is 12. The highest BCUT2D eigenvalue weighted by atomic mass is 16.6. The van der Waals surface area contributed by atoms with Crippen molar-refractivity contribution < 1.29 is 57.6 Å². The summed E-state index contributed by atoms with van der Waals surface area (Å²) in [6, 6.07) is 0. The molecule has 12 nitrogen and oxygen atoms in total. The summed E-state index contributed by atoms with van der Waals surface area (Å²) in [7, 11) is 0. The predicted molar refractivity (Wildman–Crippen MR) is 153 cm³/mol. The Labute approximate surface area is 257 Å². The van der Waals surface area contributed by atoms with Crippen LogP contribution in [0, 0.1) is 29.1 Å². The molecule has 0 aromatic carbocycles. The lowest BCUT2D eigenvalue weighted by molar-refractivity contribution is -0.227. The van der Waals surface area contributed by atoms with E-state index in [1.807, 2.05) is 0 Å². The molecule has 3 aliphatic rings. The normalized spacial score (nSPS) is 37.5. The van der Waals surface area contributed by atoms with Gasteiger partial charge in [0.05, 0.1) is 11.3 Å². The van der Waals surface area contributed by atoms with Gasteiger partial charge in [-0.15, -0.1) is 0 Å². The molecule has 12 heteroatoms. The minimum absolute atomic E-state index is 0.0586. The Morgan fingerprint density at radius 3 is 2.07 bits per heavy atom. The number of rotatable bonds is 9. The fourth-order valence-corrected chi connectivity index (χ4v) is 7.79. The first kappa shape index (κ1) is 34.9. The molecule has 0 radical (unpaired) electrons. The fraction of sp³-hybridized carbons (Fsp3) is 0.688. The molecule has 10 atom stereocenters. The van der Waals surface area contributed by atoms with Crippen LogP contribution >= 0.6 is 0 Å². The topological polar surface area (TPSA) is 169 Å². The van der Waals surface area contributed by atoms with Gasteiger partial charge in [0, 0.05) is 46.0 Å². The summed E-state index contributed by atoms with van der Waals surface area (Å²) in [5.74, 6) is -8.84. The smallest absolute Gasteiger partial charge is 0.306 e. The van der Waals surface area contributed by atoms with Gasteiger partial charge in [0.1, 0.15) is 30.5 Å². The zero-order valence-corrected chi connectivity index (χ0v) is 26.7. The Bertz CT molecular complexity index is 1250. The van der Waals surface area contributed by atoms with E-state index in [0.29, 0.717) is 12.0 Å². The minimum atomic E-state index is -2.37. The predicted octanol–water partition coefficient (Wildman–Crippen LogP) is 2.78. The second kappa shape index (κ2) is 12.8. The van der Waals surface area contributed by atoms with Crippen LogP contribution in [0.2, 0.25) is 0 Å². The number of hydrogen-bond donors (Lipinski definition) is 1. The number of ketones is 1. The summed E-state index contributed by atoms with van der Waals surface area (Å²) in [4.78, 5) is 78.5. The van der Waals surface area contributed by atoms with Crippen LogP contribution < -0.4 is 0 Å². The third-order valence-electron chi connectivity index (χ3n) is 9.11. The first-order valence-electron chi connectivity index (χ1n) is 14.8. The molecular weight excluding hydrogens is 576 g/mol. The van der Waals surface area contributed by atoms with Crippen molar-refractivity contribution in [2.75, 3.05) is 6.61 Å². The van der Waals surface area contributed by atoms with Crippen LogP contribution in [-0.4, -0.2) is 76.9 Å². The first-order valence-corrected chi connectivity index (χ1v) is 14.8. The van der Waals surface area contributed by atoms with Gasteiger partial charge in [-0.3, -0.25) is 28.8 Å². The maximum absolute atomic E-state index is 14.9. The molecule has 44 heavy (non-hydrogen) atoms. The fourth-order valence-electron chi connectivity index (χ4n) is 7.79. The monoisotopic (exact) mass is 620 g/mol. The third kappa shape index (κ3) is 6.05. The Morgan fingerprint density at radius 2 is 1.57 bits per heavy atom. The zero-order chi connectivity index (χ0) is 33.4. The van der Waals surface area contributed by atoms with Gasteiger partial charge in [-0.05, 0) is 38.7 Å². The van der Waals surface area contributed by atoms with E-state index in [4.69, 9.17) is 23.7 Å². The molecule has 0 spiro atoms. The maximum atomic E-state index is 14.9. The average molecular weight is 621 g/mol. The Kier molecular flexibility index (Phi) is 10.2. The van der Waals surface area contributed by atoms with Gasteiger partial charge in [0.15, 0.2) is 5.60 Å². The number of fused-ring (bicyclic) bond motifs is 2. The highest BCUT2D eigenvalue weighted by Crippen LogP contribution is 2.63. The molecular formula is C32H44O12. The van der Waals surface area contributed by atoms with Crippen LogP contribution in [0.15, 0.2) is 24.3 Å². The molecule has 3 rings (SSSR count). The first-order chi connectivity index (χ1) is 20.4. The molecule has 0 unspecified atom stereocenters.